The van der Waals surface area contributed by atoms with Crippen LogP contribution in [-0.4, -0.2) is 85.7 Å². The van der Waals surface area contributed by atoms with E-state index in [2.05, 4.69) is 10.2 Å². The third kappa shape index (κ3) is 6.41. The lowest BCUT2D eigenvalue weighted by Gasteiger charge is -2.40. The van der Waals surface area contributed by atoms with E-state index in [4.69, 9.17) is 9.47 Å². The smallest absolute Gasteiger partial charge is 0.308 e. The van der Waals surface area contributed by atoms with Crippen LogP contribution in [0.5, 0.6) is 0 Å². The summed E-state index contributed by atoms with van der Waals surface area (Å²) in [5.41, 5.74) is -0.498. The van der Waals surface area contributed by atoms with Gasteiger partial charge in [0.2, 0.25) is 11.8 Å². The summed E-state index contributed by atoms with van der Waals surface area (Å²) in [7, 11) is 0. The summed E-state index contributed by atoms with van der Waals surface area (Å²) in [4.78, 5) is 41.8. The molecule has 0 spiro atoms. The number of carbonyl (C=O) groups is 3. The number of hydrogen-bond acceptors (Lipinski definition) is 6. The predicted octanol–water partition coefficient (Wildman–Crippen LogP) is 1.33. The quantitative estimate of drug-likeness (QED) is 0.593. The molecule has 2 amide bonds. The summed E-state index contributed by atoms with van der Waals surface area (Å²) in [6, 6.07) is 0. The second-order valence-corrected chi connectivity index (χ2v) is 8.84. The number of nitrogens with one attached hydrogen (secondary N) is 1. The molecule has 2 aliphatic heterocycles. The molecular weight excluding hydrogens is 386 g/mol. The van der Waals surface area contributed by atoms with Crippen LogP contribution in [0, 0.1) is 5.92 Å². The Kier molecular flexibility index (Phi) is 8.50. The lowest BCUT2D eigenvalue weighted by molar-refractivity contribution is -0.146. The molecule has 0 bridgehead atoms. The van der Waals surface area contributed by atoms with Crippen molar-refractivity contribution in [3.63, 3.8) is 0 Å². The molecule has 0 aromatic rings. The van der Waals surface area contributed by atoms with E-state index in [1.165, 1.54) is 0 Å². The minimum absolute atomic E-state index is 0.0231. The van der Waals surface area contributed by atoms with Crippen molar-refractivity contribution in [2.45, 2.75) is 63.8 Å². The molecule has 170 valence electrons. The van der Waals surface area contributed by atoms with Gasteiger partial charge in [-0.3, -0.25) is 19.3 Å². The van der Waals surface area contributed by atoms with Gasteiger partial charge in [-0.2, -0.15) is 0 Å². The zero-order valence-electron chi connectivity index (χ0n) is 18.3. The molecule has 3 fully saturated rings. The molecule has 1 aliphatic carbocycles. The number of esters is 1. The fourth-order valence-electron chi connectivity index (χ4n) is 4.86. The van der Waals surface area contributed by atoms with E-state index in [1.54, 1.807) is 6.92 Å². The summed E-state index contributed by atoms with van der Waals surface area (Å²) in [5, 5.41) is 3.23. The van der Waals surface area contributed by atoms with Crippen molar-refractivity contribution in [2.24, 2.45) is 5.92 Å². The van der Waals surface area contributed by atoms with E-state index in [1.807, 2.05) is 4.90 Å². The highest BCUT2D eigenvalue weighted by Gasteiger charge is 2.39. The van der Waals surface area contributed by atoms with Gasteiger partial charge in [-0.15, -0.1) is 0 Å². The average molecular weight is 424 g/mol. The van der Waals surface area contributed by atoms with Crippen LogP contribution in [0.15, 0.2) is 0 Å². The number of nitrogens with zero attached hydrogens (tertiary/aromatic N) is 2. The lowest BCUT2D eigenvalue weighted by atomic mass is 9.78. The van der Waals surface area contributed by atoms with Gasteiger partial charge in [0.15, 0.2) is 0 Å². The first-order chi connectivity index (χ1) is 14.5. The normalized spacial score (nSPS) is 25.0. The number of hydrogen-bond donors (Lipinski definition) is 1. The highest BCUT2D eigenvalue weighted by atomic mass is 16.5. The van der Waals surface area contributed by atoms with Crippen LogP contribution < -0.4 is 5.32 Å². The van der Waals surface area contributed by atoms with E-state index in [0.29, 0.717) is 32.5 Å². The monoisotopic (exact) mass is 423 g/mol. The van der Waals surface area contributed by atoms with Crippen molar-refractivity contribution in [3.05, 3.63) is 0 Å². The highest BCUT2D eigenvalue weighted by Crippen LogP contribution is 2.32. The standard InChI is InChI=1S/C22H37N3O5/c1-2-30-20(27)16-22(8-4-3-5-9-22)23-21(28)18-6-7-19(26)25(17-18)11-10-24-12-14-29-15-13-24/h18H,2-17H2,1H3,(H,23,28). The van der Waals surface area contributed by atoms with Gasteiger partial charge >= 0.3 is 5.97 Å². The van der Waals surface area contributed by atoms with Crippen LogP contribution >= 0.6 is 0 Å². The Labute approximate surface area is 179 Å². The summed E-state index contributed by atoms with van der Waals surface area (Å²) < 4.78 is 10.5. The van der Waals surface area contributed by atoms with Gasteiger partial charge in [0.1, 0.15) is 0 Å². The van der Waals surface area contributed by atoms with Gasteiger partial charge in [-0.05, 0) is 26.2 Å². The van der Waals surface area contributed by atoms with Crippen LogP contribution in [0.3, 0.4) is 0 Å². The van der Waals surface area contributed by atoms with Crippen LogP contribution in [0.4, 0.5) is 0 Å². The zero-order chi connectivity index (χ0) is 21.4. The molecule has 0 aromatic heterocycles. The molecule has 2 heterocycles. The first-order valence-corrected chi connectivity index (χ1v) is 11.6. The maximum atomic E-state index is 13.1. The molecule has 0 radical (unpaired) electrons. The zero-order valence-corrected chi connectivity index (χ0v) is 18.3. The SMILES string of the molecule is CCOC(=O)CC1(NC(=O)C2CCC(=O)N(CCN3CCOCC3)C2)CCCCC1. The summed E-state index contributed by atoms with van der Waals surface area (Å²) in [6.45, 7) is 7.34. The molecule has 1 N–H and O–H groups in total. The van der Waals surface area contributed by atoms with Gasteiger partial charge in [-0.1, -0.05) is 19.3 Å². The van der Waals surface area contributed by atoms with Crippen molar-refractivity contribution >= 4 is 17.8 Å². The van der Waals surface area contributed by atoms with E-state index < -0.39 is 5.54 Å². The van der Waals surface area contributed by atoms with Gasteiger partial charge in [0, 0.05) is 39.1 Å². The van der Waals surface area contributed by atoms with Gasteiger partial charge < -0.3 is 19.7 Å². The number of morpholine rings is 1. The molecule has 3 rings (SSSR count). The van der Waals surface area contributed by atoms with Crippen LogP contribution in [0.1, 0.15) is 58.3 Å². The largest absolute Gasteiger partial charge is 0.466 e. The van der Waals surface area contributed by atoms with Crippen molar-refractivity contribution < 1.29 is 23.9 Å². The number of rotatable bonds is 8. The fourth-order valence-corrected chi connectivity index (χ4v) is 4.86. The first-order valence-electron chi connectivity index (χ1n) is 11.6. The van der Waals surface area contributed by atoms with E-state index >= 15 is 0 Å². The van der Waals surface area contributed by atoms with Crippen molar-refractivity contribution in [2.75, 3.05) is 52.5 Å². The molecule has 1 unspecified atom stereocenters. The van der Waals surface area contributed by atoms with Crippen LogP contribution in [0.25, 0.3) is 0 Å². The van der Waals surface area contributed by atoms with Crippen molar-refractivity contribution in [1.29, 1.82) is 0 Å². The van der Waals surface area contributed by atoms with Crippen molar-refractivity contribution in [1.82, 2.24) is 15.1 Å². The van der Waals surface area contributed by atoms with Crippen molar-refractivity contribution in [3.8, 4) is 0 Å². The third-order valence-corrected chi connectivity index (χ3v) is 6.65. The Morgan fingerprint density at radius 1 is 1.17 bits per heavy atom. The molecule has 0 aromatic carbocycles. The number of likely N-dealkylation sites (tertiary alicyclic amines) is 1. The predicted molar refractivity (Wildman–Crippen MR) is 112 cm³/mol. The summed E-state index contributed by atoms with van der Waals surface area (Å²) in [6.07, 6.45) is 5.99. The van der Waals surface area contributed by atoms with E-state index in [0.717, 1.165) is 65.0 Å². The van der Waals surface area contributed by atoms with Gasteiger partial charge in [0.25, 0.3) is 0 Å². The minimum atomic E-state index is -0.498. The van der Waals surface area contributed by atoms with Crippen LogP contribution in [-0.2, 0) is 23.9 Å². The lowest BCUT2D eigenvalue weighted by Crippen LogP contribution is -2.55. The minimum Gasteiger partial charge on any atom is -0.466 e. The Morgan fingerprint density at radius 3 is 2.60 bits per heavy atom. The first kappa shape index (κ1) is 23.0. The summed E-state index contributed by atoms with van der Waals surface area (Å²) in [5.74, 6) is -0.352. The van der Waals surface area contributed by atoms with E-state index in [-0.39, 0.29) is 30.1 Å². The van der Waals surface area contributed by atoms with Gasteiger partial charge in [0.05, 0.1) is 37.7 Å². The molecule has 8 nitrogen and oxygen atoms in total. The third-order valence-electron chi connectivity index (χ3n) is 6.65. The molecular formula is C22H37N3O5. The molecule has 1 atom stereocenters. The number of ether oxygens (including phenoxy) is 2. The summed E-state index contributed by atoms with van der Waals surface area (Å²) >= 11 is 0. The van der Waals surface area contributed by atoms with Crippen LogP contribution in [0.2, 0.25) is 0 Å². The average Bonchev–Trinajstić information content (AvgIpc) is 2.74. The molecule has 30 heavy (non-hydrogen) atoms. The highest BCUT2D eigenvalue weighted by molar-refractivity contribution is 5.85. The fraction of sp³-hybridized carbons (Fsp3) is 0.864. The number of amides is 2. The molecule has 3 aliphatic rings. The Balaban J connectivity index is 1.55. The van der Waals surface area contributed by atoms with E-state index in [9.17, 15) is 14.4 Å². The number of carbonyl (C=O) groups excluding carboxylic acids is 3. The topological polar surface area (TPSA) is 88.2 Å². The Morgan fingerprint density at radius 2 is 1.90 bits per heavy atom. The second-order valence-electron chi connectivity index (χ2n) is 8.84. The maximum absolute atomic E-state index is 13.1. The maximum Gasteiger partial charge on any atom is 0.308 e. The Bertz CT molecular complexity index is 600. The Hall–Kier alpha value is -1.67. The molecule has 2 saturated heterocycles. The molecule has 8 heteroatoms. The van der Waals surface area contributed by atoms with Gasteiger partial charge in [-0.25, -0.2) is 0 Å². The molecule has 1 saturated carbocycles. The second kappa shape index (κ2) is 11.1. The number of piperidine rings is 1.